The van der Waals surface area contributed by atoms with Gasteiger partial charge in [-0.1, -0.05) is 18.2 Å². The normalized spacial score (nSPS) is 18.2. The summed E-state index contributed by atoms with van der Waals surface area (Å²) in [4.78, 5) is 10.4. The molecule has 1 heterocycles. The highest BCUT2D eigenvalue weighted by Gasteiger charge is 2.21. The van der Waals surface area contributed by atoms with Gasteiger partial charge in [0.05, 0.1) is 25.9 Å². The predicted molar refractivity (Wildman–Crippen MR) is 123 cm³/mol. The van der Waals surface area contributed by atoms with Gasteiger partial charge in [-0.15, -0.1) is 9.24 Å². The molecule has 0 saturated carbocycles. The van der Waals surface area contributed by atoms with Crippen molar-refractivity contribution in [3.8, 4) is 0 Å². The number of aliphatic imine (C=N–C) groups is 2. The molecular formula is C19H26ClFN4O2P2. The van der Waals surface area contributed by atoms with E-state index in [9.17, 15) is 4.39 Å². The summed E-state index contributed by atoms with van der Waals surface area (Å²) in [6.07, 6.45) is 4.41. The Morgan fingerprint density at radius 3 is 2.97 bits per heavy atom. The Bertz CT molecular complexity index is 780. The van der Waals surface area contributed by atoms with Crippen LogP contribution in [0.25, 0.3) is 0 Å². The number of amidine groups is 1. The van der Waals surface area contributed by atoms with E-state index in [0.29, 0.717) is 48.4 Å². The van der Waals surface area contributed by atoms with E-state index in [1.807, 2.05) is 4.90 Å². The van der Waals surface area contributed by atoms with Crippen molar-refractivity contribution in [1.82, 2.24) is 4.90 Å². The molecule has 0 spiro atoms. The van der Waals surface area contributed by atoms with Gasteiger partial charge in [0, 0.05) is 37.9 Å². The van der Waals surface area contributed by atoms with E-state index in [-0.39, 0.29) is 20.3 Å². The van der Waals surface area contributed by atoms with E-state index in [1.165, 1.54) is 18.3 Å². The fourth-order valence-electron chi connectivity index (χ4n) is 2.57. The molecule has 0 aromatic heterocycles. The maximum atomic E-state index is 13.4. The Labute approximate surface area is 180 Å². The maximum absolute atomic E-state index is 13.4. The summed E-state index contributed by atoms with van der Waals surface area (Å²) in [5.41, 5.74) is 8.01. The molecule has 158 valence electrons. The zero-order chi connectivity index (χ0) is 21.2. The van der Waals surface area contributed by atoms with E-state index < -0.39 is 0 Å². The van der Waals surface area contributed by atoms with Gasteiger partial charge in [-0.2, -0.15) is 0 Å². The van der Waals surface area contributed by atoms with Crippen LogP contribution in [-0.2, 0) is 9.26 Å². The minimum atomic E-state index is -0.329. The van der Waals surface area contributed by atoms with E-state index in [4.69, 9.17) is 26.6 Å². The molecule has 0 aliphatic carbocycles. The standard InChI is InChI=1S/C19H26ClFN4O2P2/c1-3-23-19-18(13(2)22)24-11-25(19)5-7-26-12-29-27-6-4-17(28)14-8-15(20)10-16(21)9-14/h3,8-11,17,29H,1,4-7,12,22,28H2,2H3/b18-13-,23-19+. The molecule has 0 bridgehead atoms. The zero-order valence-electron chi connectivity index (χ0n) is 16.3. The van der Waals surface area contributed by atoms with Crippen LogP contribution in [0.5, 0.6) is 0 Å². The van der Waals surface area contributed by atoms with Crippen molar-refractivity contribution < 1.29 is 13.7 Å². The number of hydrogen-bond donors (Lipinski definition) is 1. The summed E-state index contributed by atoms with van der Waals surface area (Å²) < 4.78 is 24.7. The molecule has 29 heavy (non-hydrogen) atoms. The Morgan fingerprint density at radius 2 is 2.28 bits per heavy atom. The first-order valence-electron chi connectivity index (χ1n) is 9.02. The molecule has 0 fully saturated rings. The molecule has 10 heteroatoms. The summed E-state index contributed by atoms with van der Waals surface area (Å²) in [5.74, 6) is 0.343. The van der Waals surface area contributed by atoms with E-state index >= 15 is 0 Å². The average molecular weight is 459 g/mol. The molecule has 1 aliphatic heterocycles. The second-order valence-electron chi connectivity index (χ2n) is 6.25. The first-order chi connectivity index (χ1) is 13.9. The van der Waals surface area contributed by atoms with Crippen LogP contribution in [0.2, 0.25) is 5.02 Å². The third kappa shape index (κ3) is 7.76. The van der Waals surface area contributed by atoms with Gasteiger partial charge in [-0.3, -0.25) is 0 Å². The van der Waals surface area contributed by atoms with Crippen LogP contribution < -0.4 is 5.73 Å². The molecule has 3 unspecified atom stereocenters. The van der Waals surface area contributed by atoms with Gasteiger partial charge in [0.2, 0.25) is 0 Å². The average Bonchev–Trinajstić information content (AvgIpc) is 3.06. The lowest BCUT2D eigenvalue weighted by Gasteiger charge is -2.16. The van der Waals surface area contributed by atoms with Crippen LogP contribution in [0.3, 0.4) is 0 Å². The number of nitrogens with two attached hydrogens (primary N) is 1. The van der Waals surface area contributed by atoms with Gasteiger partial charge < -0.3 is 19.9 Å². The van der Waals surface area contributed by atoms with Gasteiger partial charge >= 0.3 is 0 Å². The number of rotatable bonds is 11. The number of allylic oxidation sites excluding steroid dienone is 1. The van der Waals surface area contributed by atoms with Crippen molar-refractivity contribution in [1.29, 1.82) is 0 Å². The third-order valence-electron chi connectivity index (χ3n) is 3.98. The van der Waals surface area contributed by atoms with Crippen molar-refractivity contribution in [3.05, 3.63) is 58.8 Å². The maximum Gasteiger partial charge on any atom is 0.161 e. The molecule has 1 aromatic carbocycles. The Kier molecular flexibility index (Phi) is 10.2. The lowest BCUT2D eigenvalue weighted by molar-refractivity contribution is 0.167. The van der Waals surface area contributed by atoms with Gasteiger partial charge in [0.15, 0.2) is 5.84 Å². The minimum Gasteiger partial charge on any atom is -0.400 e. The highest BCUT2D eigenvalue weighted by Crippen LogP contribution is 2.30. The third-order valence-corrected chi connectivity index (χ3v) is 5.65. The zero-order valence-corrected chi connectivity index (χ0v) is 19.2. The summed E-state index contributed by atoms with van der Waals surface area (Å²) >= 11 is 5.90. The largest absolute Gasteiger partial charge is 0.400 e. The van der Waals surface area contributed by atoms with Gasteiger partial charge in [-0.25, -0.2) is 14.4 Å². The SMILES string of the molecule is C=C/N=C1\C(=C(/C)N)N=CN1CCOCPOCCC(P)c1cc(F)cc(Cl)c1. The lowest BCUT2D eigenvalue weighted by Crippen LogP contribution is -2.30. The van der Waals surface area contributed by atoms with Crippen LogP contribution in [-0.4, -0.2) is 43.2 Å². The second-order valence-corrected chi connectivity index (χ2v) is 8.36. The van der Waals surface area contributed by atoms with Gasteiger partial charge in [0.1, 0.15) is 11.5 Å². The highest BCUT2D eigenvalue weighted by atomic mass is 35.5. The predicted octanol–water partition coefficient (Wildman–Crippen LogP) is 4.45. The minimum absolute atomic E-state index is 0.0826. The summed E-state index contributed by atoms with van der Waals surface area (Å²) in [5, 5.41) is 0.400. The number of ether oxygens (including phenoxy) is 1. The Balaban J connectivity index is 1.61. The summed E-state index contributed by atoms with van der Waals surface area (Å²) in [7, 11) is 2.93. The van der Waals surface area contributed by atoms with Crippen LogP contribution >= 0.6 is 29.6 Å². The number of nitrogens with zero attached hydrogens (tertiary/aromatic N) is 3. The Morgan fingerprint density at radius 1 is 1.48 bits per heavy atom. The van der Waals surface area contributed by atoms with Crippen molar-refractivity contribution >= 4 is 41.8 Å². The molecule has 0 radical (unpaired) electrons. The van der Waals surface area contributed by atoms with Crippen molar-refractivity contribution in [3.63, 3.8) is 0 Å². The molecule has 2 rings (SSSR count). The van der Waals surface area contributed by atoms with Crippen LogP contribution in [0.15, 0.2) is 52.4 Å². The summed E-state index contributed by atoms with van der Waals surface area (Å²) in [6.45, 7) is 7.07. The molecular weight excluding hydrogens is 433 g/mol. The van der Waals surface area contributed by atoms with Crippen LogP contribution in [0, 0.1) is 5.82 Å². The van der Waals surface area contributed by atoms with Crippen molar-refractivity contribution in [2.45, 2.75) is 19.0 Å². The van der Waals surface area contributed by atoms with Crippen LogP contribution in [0.1, 0.15) is 24.6 Å². The molecule has 3 atom stereocenters. The highest BCUT2D eigenvalue weighted by molar-refractivity contribution is 7.31. The van der Waals surface area contributed by atoms with Crippen molar-refractivity contribution in [2.24, 2.45) is 15.7 Å². The first-order valence-corrected chi connectivity index (χ1v) is 11.2. The quantitative estimate of drug-likeness (QED) is 0.393. The van der Waals surface area contributed by atoms with Gasteiger partial charge in [-0.05, 0) is 37.1 Å². The fourth-order valence-corrected chi connectivity index (χ4v) is 3.70. The smallest absolute Gasteiger partial charge is 0.161 e. The topological polar surface area (TPSA) is 72.4 Å². The molecule has 1 aliphatic rings. The Hall–Kier alpha value is -1.36. The monoisotopic (exact) mass is 458 g/mol. The lowest BCUT2D eigenvalue weighted by atomic mass is 10.1. The number of halogens is 2. The molecule has 6 nitrogen and oxygen atoms in total. The van der Waals surface area contributed by atoms with E-state index in [0.717, 1.165) is 12.0 Å². The van der Waals surface area contributed by atoms with Crippen molar-refractivity contribution in [2.75, 3.05) is 26.1 Å². The van der Waals surface area contributed by atoms with E-state index in [2.05, 4.69) is 25.8 Å². The van der Waals surface area contributed by atoms with Gasteiger partial charge in [0.25, 0.3) is 0 Å². The first kappa shape index (κ1) is 23.9. The molecule has 0 saturated heterocycles. The number of hydrogen-bond acceptors (Lipinski definition) is 5. The van der Waals surface area contributed by atoms with Crippen LogP contribution in [0.4, 0.5) is 4.39 Å². The molecule has 2 N–H and O–H groups in total. The number of benzene rings is 1. The van der Waals surface area contributed by atoms with E-state index in [1.54, 1.807) is 19.3 Å². The fraction of sp³-hybridized carbons (Fsp3) is 0.368. The molecule has 1 aromatic rings. The summed E-state index contributed by atoms with van der Waals surface area (Å²) in [6, 6.07) is 4.56. The second kappa shape index (κ2) is 12.4. The molecule has 0 amide bonds.